The number of ether oxygens (including phenoxy) is 1. The van der Waals surface area contributed by atoms with E-state index in [4.69, 9.17) is 17.0 Å². The highest BCUT2D eigenvalue weighted by Crippen LogP contribution is 2.21. The minimum Gasteiger partial charge on any atom is -0.379 e. The first-order valence-electron chi connectivity index (χ1n) is 7.82. The van der Waals surface area contributed by atoms with Crippen LogP contribution in [0.4, 0.5) is 0 Å². The standard InChI is InChI=1S/C16H22N4OS/c22-16(17-7-8-20-9-11-21-12-10-20)19-18-15-6-5-13-3-1-2-4-14(13)15/h1-4H,5-12H2,(H2,17,19,22)/b18-15+. The number of hydrogen-bond donors (Lipinski definition) is 2. The van der Waals surface area contributed by atoms with Gasteiger partial charge in [0.05, 0.1) is 18.9 Å². The number of fused-ring (bicyclic) bond motifs is 1. The molecule has 22 heavy (non-hydrogen) atoms. The molecule has 2 N–H and O–H groups in total. The molecule has 118 valence electrons. The number of rotatable bonds is 4. The van der Waals surface area contributed by atoms with Gasteiger partial charge < -0.3 is 10.1 Å². The number of aryl methyl sites for hydroxylation is 1. The average molecular weight is 318 g/mol. The third kappa shape index (κ3) is 4.03. The number of nitrogens with one attached hydrogen (secondary N) is 2. The topological polar surface area (TPSA) is 48.9 Å². The van der Waals surface area contributed by atoms with Gasteiger partial charge in [-0.25, -0.2) is 0 Å². The van der Waals surface area contributed by atoms with Gasteiger partial charge in [0.1, 0.15) is 0 Å². The van der Waals surface area contributed by atoms with Crippen molar-refractivity contribution in [1.29, 1.82) is 0 Å². The predicted molar refractivity (Wildman–Crippen MR) is 92.3 cm³/mol. The van der Waals surface area contributed by atoms with Crippen molar-refractivity contribution < 1.29 is 4.74 Å². The molecule has 3 rings (SSSR count). The lowest BCUT2D eigenvalue weighted by atomic mass is 10.1. The van der Waals surface area contributed by atoms with E-state index in [0.29, 0.717) is 5.11 Å². The summed E-state index contributed by atoms with van der Waals surface area (Å²) >= 11 is 5.28. The molecule has 0 aromatic heterocycles. The van der Waals surface area contributed by atoms with Gasteiger partial charge in [0.25, 0.3) is 0 Å². The van der Waals surface area contributed by atoms with Crippen molar-refractivity contribution >= 4 is 23.0 Å². The quantitative estimate of drug-likeness (QED) is 0.644. The summed E-state index contributed by atoms with van der Waals surface area (Å²) in [5.74, 6) is 0. The number of nitrogens with zero attached hydrogens (tertiary/aromatic N) is 2. The molecule has 0 amide bonds. The summed E-state index contributed by atoms with van der Waals surface area (Å²) < 4.78 is 5.33. The zero-order chi connectivity index (χ0) is 15.2. The lowest BCUT2D eigenvalue weighted by Crippen LogP contribution is -2.42. The summed E-state index contributed by atoms with van der Waals surface area (Å²) in [4.78, 5) is 2.37. The second kappa shape index (κ2) is 7.67. The first kappa shape index (κ1) is 15.4. The van der Waals surface area contributed by atoms with Crippen molar-refractivity contribution in [1.82, 2.24) is 15.6 Å². The molecule has 1 aliphatic heterocycles. The number of thiocarbonyl (C=S) groups is 1. The van der Waals surface area contributed by atoms with E-state index in [1.807, 2.05) is 0 Å². The smallest absolute Gasteiger partial charge is 0.187 e. The second-order valence-corrected chi connectivity index (χ2v) is 5.95. The molecule has 2 aliphatic rings. The van der Waals surface area contributed by atoms with Crippen LogP contribution in [0.1, 0.15) is 17.5 Å². The Kier molecular flexibility index (Phi) is 5.37. The van der Waals surface area contributed by atoms with Crippen molar-refractivity contribution in [3.63, 3.8) is 0 Å². The Morgan fingerprint density at radius 3 is 2.91 bits per heavy atom. The third-order valence-corrected chi connectivity index (χ3v) is 4.30. The van der Waals surface area contributed by atoms with Crippen molar-refractivity contribution in [3.05, 3.63) is 35.4 Å². The van der Waals surface area contributed by atoms with Crippen LogP contribution >= 0.6 is 12.2 Å². The Balaban J connectivity index is 1.42. The van der Waals surface area contributed by atoms with Crippen LogP contribution in [0, 0.1) is 0 Å². The van der Waals surface area contributed by atoms with Crippen LogP contribution in [-0.4, -0.2) is 55.1 Å². The maximum atomic E-state index is 5.33. The highest BCUT2D eigenvalue weighted by Gasteiger charge is 2.16. The number of morpholine rings is 1. The Bertz CT molecular complexity index is 555. The Morgan fingerprint density at radius 2 is 2.05 bits per heavy atom. The molecule has 1 aliphatic carbocycles. The summed E-state index contributed by atoms with van der Waals surface area (Å²) in [6.45, 7) is 5.46. The monoisotopic (exact) mass is 318 g/mol. The molecule has 0 radical (unpaired) electrons. The van der Waals surface area contributed by atoms with E-state index in [1.165, 1.54) is 11.1 Å². The van der Waals surface area contributed by atoms with Crippen LogP contribution in [0.3, 0.4) is 0 Å². The molecule has 6 heteroatoms. The second-order valence-electron chi connectivity index (χ2n) is 5.54. The van der Waals surface area contributed by atoms with Gasteiger partial charge in [-0.05, 0) is 30.6 Å². The number of hydrazone groups is 1. The van der Waals surface area contributed by atoms with Crippen LogP contribution in [0.5, 0.6) is 0 Å². The molecule has 1 aromatic rings. The molecule has 1 saturated heterocycles. The van der Waals surface area contributed by atoms with E-state index >= 15 is 0 Å². The van der Waals surface area contributed by atoms with Gasteiger partial charge in [0.2, 0.25) is 0 Å². The zero-order valence-corrected chi connectivity index (χ0v) is 13.5. The summed E-state index contributed by atoms with van der Waals surface area (Å²) in [5.41, 5.74) is 6.67. The van der Waals surface area contributed by atoms with E-state index < -0.39 is 0 Å². The normalized spacial score (nSPS) is 19.9. The molecule has 1 heterocycles. The first-order valence-corrected chi connectivity index (χ1v) is 8.22. The van der Waals surface area contributed by atoms with Crippen molar-refractivity contribution in [2.24, 2.45) is 5.10 Å². The van der Waals surface area contributed by atoms with Crippen molar-refractivity contribution in [2.45, 2.75) is 12.8 Å². The molecule has 0 bridgehead atoms. The molecule has 1 fully saturated rings. The molecule has 0 atom stereocenters. The highest BCUT2D eigenvalue weighted by molar-refractivity contribution is 7.80. The van der Waals surface area contributed by atoms with Gasteiger partial charge >= 0.3 is 0 Å². The molecule has 0 spiro atoms. The van der Waals surface area contributed by atoms with Crippen LogP contribution in [0.25, 0.3) is 0 Å². The molecule has 0 saturated carbocycles. The third-order valence-electron chi connectivity index (χ3n) is 4.07. The molecule has 1 aromatic carbocycles. The minimum absolute atomic E-state index is 0.588. The molecular formula is C16H22N4OS. The van der Waals surface area contributed by atoms with Crippen LogP contribution in [0.2, 0.25) is 0 Å². The van der Waals surface area contributed by atoms with Crippen LogP contribution < -0.4 is 10.7 Å². The fraction of sp³-hybridized carbons (Fsp3) is 0.500. The van der Waals surface area contributed by atoms with Gasteiger partial charge in [-0.15, -0.1) is 0 Å². The van der Waals surface area contributed by atoms with Gasteiger partial charge in [-0.3, -0.25) is 10.3 Å². The number of hydrogen-bond acceptors (Lipinski definition) is 4. The zero-order valence-electron chi connectivity index (χ0n) is 12.7. The van der Waals surface area contributed by atoms with E-state index in [2.05, 4.69) is 45.0 Å². The Labute approximate surface area is 136 Å². The van der Waals surface area contributed by atoms with Gasteiger partial charge in [-0.2, -0.15) is 5.10 Å². The van der Waals surface area contributed by atoms with E-state index in [1.54, 1.807) is 0 Å². The summed E-state index contributed by atoms with van der Waals surface area (Å²) in [7, 11) is 0. The van der Waals surface area contributed by atoms with E-state index in [0.717, 1.165) is 57.9 Å². The SMILES string of the molecule is S=C(NCCN1CCOCC1)N/N=C1\CCc2ccccc21. The van der Waals surface area contributed by atoms with E-state index in [-0.39, 0.29) is 0 Å². The van der Waals surface area contributed by atoms with Gasteiger partial charge in [-0.1, -0.05) is 24.3 Å². The van der Waals surface area contributed by atoms with E-state index in [9.17, 15) is 0 Å². The lowest BCUT2D eigenvalue weighted by Gasteiger charge is -2.26. The van der Waals surface area contributed by atoms with Crippen LogP contribution in [-0.2, 0) is 11.2 Å². The minimum atomic E-state index is 0.588. The fourth-order valence-corrected chi connectivity index (χ4v) is 2.98. The van der Waals surface area contributed by atoms with Gasteiger partial charge in [0.15, 0.2) is 5.11 Å². The largest absolute Gasteiger partial charge is 0.379 e. The maximum absolute atomic E-state index is 5.33. The highest BCUT2D eigenvalue weighted by atomic mass is 32.1. The van der Waals surface area contributed by atoms with Crippen molar-refractivity contribution in [3.8, 4) is 0 Å². The maximum Gasteiger partial charge on any atom is 0.187 e. The summed E-state index contributed by atoms with van der Waals surface area (Å²) in [6, 6.07) is 8.42. The molecule has 5 nitrogen and oxygen atoms in total. The Hall–Kier alpha value is -1.50. The first-order chi connectivity index (χ1) is 10.8. The molecular weight excluding hydrogens is 296 g/mol. The number of benzene rings is 1. The lowest BCUT2D eigenvalue weighted by molar-refractivity contribution is 0.0389. The Morgan fingerprint density at radius 1 is 1.23 bits per heavy atom. The fourth-order valence-electron chi connectivity index (χ4n) is 2.83. The average Bonchev–Trinajstić information content (AvgIpc) is 2.97. The molecule has 0 unspecified atom stereocenters. The predicted octanol–water partition coefficient (Wildman–Crippen LogP) is 1.13. The van der Waals surface area contributed by atoms with Crippen LogP contribution in [0.15, 0.2) is 29.4 Å². The van der Waals surface area contributed by atoms with Crippen molar-refractivity contribution in [2.75, 3.05) is 39.4 Å². The summed E-state index contributed by atoms with van der Waals surface area (Å²) in [6.07, 6.45) is 2.04. The summed E-state index contributed by atoms with van der Waals surface area (Å²) in [5, 5.41) is 8.26. The van der Waals surface area contributed by atoms with Gasteiger partial charge in [0, 0.05) is 31.7 Å².